The van der Waals surface area contributed by atoms with E-state index in [1.165, 1.54) is 4.88 Å². The van der Waals surface area contributed by atoms with E-state index < -0.39 is 0 Å². The Kier molecular flexibility index (Phi) is 2.87. The highest BCUT2D eigenvalue weighted by Gasteiger charge is 2.05. The number of nitrogen functional groups attached to an aromatic ring is 1. The molecule has 1 aromatic heterocycles. The molecule has 0 spiro atoms. The lowest BCUT2D eigenvalue weighted by Gasteiger charge is -2.19. The molecule has 1 heterocycles. The predicted molar refractivity (Wildman–Crippen MR) is 65.1 cm³/mol. The summed E-state index contributed by atoms with van der Waals surface area (Å²) < 4.78 is 0. The highest BCUT2D eigenvalue weighted by molar-refractivity contribution is 7.09. The van der Waals surface area contributed by atoms with Crippen LogP contribution >= 0.6 is 11.3 Å². The van der Waals surface area contributed by atoms with E-state index in [1.807, 2.05) is 43.0 Å². The maximum absolute atomic E-state index is 5.90. The molecule has 3 nitrogen and oxygen atoms in total. The average Bonchev–Trinajstić information content (AvgIpc) is 2.71. The normalized spacial score (nSPS) is 10.2. The van der Waals surface area contributed by atoms with Gasteiger partial charge < -0.3 is 10.6 Å². The minimum atomic E-state index is 0.810. The molecule has 0 unspecified atom stereocenters. The summed E-state index contributed by atoms with van der Waals surface area (Å²) in [6.45, 7) is 0.846. The third-order valence-electron chi connectivity index (χ3n) is 2.22. The molecule has 0 fully saturated rings. The molecule has 0 atom stereocenters. The number of anilines is 2. The first-order valence-corrected chi connectivity index (χ1v) is 5.58. The number of para-hydroxylation sites is 2. The Labute approximate surface area is 93.2 Å². The van der Waals surface area contributed by atoms with Crippen molar-refractivity contribution >= 4 is 22.7 Å². The standard InChI is InChI=1S/C11H13N3S/c1-14(7-9-6-13-8-15-9)11-5-3-2-4-10(11)12/h2-6,8H,7,12H2,1H3. The van der Waals surface area contributed by atoms with E-state index in [1.54, 1.807) is 11.3 Å². The summed E-state index contributed by atoms with van der Waals surface area (Å²) >= 11 is 1.66. The summed E-state index contributed by atoms with van der Waals surface area (Å²) in [6, 6.07) is 7.88. The maximum atomic E-state index is 5.90. The van der Waals surface area contributed by atoms with Gasteiger partial charge in [-0.15, -0.1) is 11.3 Å². The quantitative estimate of drug-likeness (QED) is 0.806. The lowest BCUT2D eigenvalue weighted by atomic mass is 10.2. The number of thiazole rings is 1. The summed E-state index contributed by atoms with van der Waals surface area (Å²) in [7, 11) is 2.03. The predicted octanol–water partition coefficient (Wildman–Crippen LogP) is 2.36. The minimum absolute atomic E-state index is 0.810. The average molecular weight is 219 g/mol. The maximum Gasteiger partial charge on any atom is 0.0794 e. The second-order valence-corrected chi connectivity index (χ2v) is 4.35. The zero-order valence-corrected chi connectivity index (χ0v) is 9.37. The van der Waals surface area contributed by atoms with Crippen LogP contribution in [0.3, 0.4) is 0 Å². The number of hydrogen-bond acceptors (Lipinski definition) is 4. The molecule has 0 saturated heterocycles. The lowest BCUT2D eigenvalue weighted by molar-refractivity contribution is 0.939. The Balaban J connectivity index is 2.15. The van der Waals surface area contributed by atoms with Gasteiger partial charge in [-0.1, -0.05) is 12.1 Å². The van der Waals surface area contributed by atoms with E-state index >= 15 is 0 Å². The number of nitrogens with zero attached hydrogens (tertiary/aromatic N) is 2. The molecule has 0 radical (unpaired) electrons. The zero-order valence-electron chi connectivity index (χ0n) is 8.55. The van der Waals surface area contributed by atoms with E-state index in [9.17, 15) is 0 Å². The molecule has 0 saturated carbocycles. The van der Waals surface area contributed by atoms with Crippen molar-refractivity contribution in [3.05, 3.63) is 40.8 Å². The van der Waals surface area contributed by atoms with Gasteiger partial charge >= 0.3 is 0 Å². The minimum Gasteiger partial charge on any atom is -0.397 e. The molecule has 2 aromatic rings. The molecule has 0 aliphatic rings. The number of hydrogen-bond donors (Lipinski definition) is 1. The largest absolute Gasteiger partial charge is 0.397 e. The van der Waals surface area contributed by atoms with Gasteiger partial charge in [0.25, 0.3) is 0 Å². The SMILES string of the molecule is CN(Cc1cncs1)c1ccccc1N. The molecule has 0 bridgehead atoms. The van der Waals surface area contributed by atoms with Gasteiger partial charge in [-0.25, -0.2) is 0 Å². The third kappa shape index (κ3) is 2.27. The number of nitrogens with two attached hydrogens (primary N) is 1. The Morgan fingerprint density at radius 3 is 2.87 bits per heavy atom. The molecule has 1 aromatic carbocycles. The van der Waals surface area contributed by atoms with Gasteiger partial charge in [-0.3, -0.25) is 4.98 Å². The van der Waals surface area contributed by atoms with E-state index in [4.69, 9.17) is 5.73 Å². The van der Waals surface area contributed by atoms with Crippen LogP contribution in [-0.2, 0) is 6.54 Å². The second kappa shape index (κ2) is 4.31. The lowest BCUT2D eigenvalue weighted by Crippen LogP contribution is -2.16. The summed E-state index contributed by atoms with van der Waals surface area (Å²) in [5, 5.41) is 0. The van der Waals surface area contributed by atoms with Crippen LogP contribution in [0.1, 0.15) is 4.88 Å². The smallest absolute Gasteiger partial charge is 0.0794 e. The first kappa shape index (κ1) is 9.98. The van der Waals surface area contributed by atoms with Crippen LogP contribution < -0.4 is 10.6 Å². The van der Waals surface area contributed by atoms with Crippen molar-refractivity contribution in [1.82, 2.24) is 4.98 Å². The van der Waals surface area contributed by atoms with Crippen LogP contribution in [0.5, 0.6) is 0 Å². The van der Waals surface area contributed by atoms with Crippen molar-refractivity contribution in [3.8, 4) is 0 Å². The fraction of sp³-hybridized carbons (Fsp3) is 0.182. The molecule has 0 aliphatic heterocycles. The van der Waals surface area contributed by atoms with Crippen molar-refractivity contribution in [2.24, 2.45) is 0 Å². The summed E-state index contributed by atoms with van der Waals surface area (Å²) in [6.07, 6.45) is 1.89. The van der Waals surface area contributed by atoms with Crippen molar-refractivity contribution in [2.75, 3.05) is 17.7 Å². The van der Waals surface area contributed by atoms with Crippen LogP contribution in [0.25, 0.3) is 0 Å². The fourth-order valence-corrected chi connectivity index (χ4v) is 2.12. The molecule has 0 amide bonds. The van der Waals surface area contributed by atoms with Crippen LogP contribution in [-0.4, -0.2) is 12.0 Å². The Morgan fingerprint density at radius 1 is 1.40 bits per heavy atom. The van der Waals surface area contributed by atoms with E-state index in [0.717, 1.165) is 17.9 Å². The monoisotopic (exact) mass is 219 g/mol. The number of aromatic nitrogens is 1. The van der Waals surface area contributed by atoms with E-state index in [0.29, 0.717) is 0 Å². The van der Waals surface area contributed by atoms with Gasteiger partial charge in [-0.2, -0.15) is 0 Å². The molecule has 2 N–H and O–H groups in total. The second-order valence-electron chi connectivity index (χ2n) is 3.38. The van der Waals surface area contributed by atoms with Crippen LogP contribution in [0.4, 0.5) is 11.4 Å². The Bertz CT molecular complexity index is 425. The molecule has 78 valence electrons. The molecule has 2 rings (SSSR count). The van der Waals surface area contributed by atoms with Gasteiger partial charge in [0.1, 0.15) is 0 Å². The molecular formula is C11H13N3S. The zero-order chi connectivity index (χ0) is 10.7. The van der Waals surface area contributed by atoms with Crippen molar-refractivity contribution in [3.63, 3.8) is 0 Å². The van der Waals surface area contributed by atoms with Gasteiger partial charge in [0.05, 0.1) is 23.4 Å². The Morgan fingerprint density at radius 2 is 2.20 bits per heavy atom. The molecule has 4 heteroatoms. The van der Waals surface area contributed by atoms with Crippen LogP contribution in [0.15, 0.2) is 36.0 Å². The van der Waals surface area contributed by atoms with Crippen LogP contribution in [0, 0.1) is 0 Å². The number of rotatable bonds is 3. The molecular weight excluding hydrogens is 206 g/mol. The van der Waals surface area contributed by atoms with Gasteiger partial charge in [0.15, 0.2) is 0 Å². The summed E-state index contributed by atoms with van der Waals surface area (Å²) in [5.41, 5.74) is 9.61. The van der Waals surface area contributed by atoms with Gasteiger partial charge in [0, 0.05) is 18.1 Å². The number of benzene rings is 1. The van der Waals surface area contributed by atoms with Crippen molar-refractivity contribution in [1.29, 1.82) is 0 Å². The highest BCUT2D eigenvalue weighted by atomic mass is 32.1. The van der Waals surface area contributed by atoms with Crippen LogP contribution in [0.2, 0.25) is 0 Å². The van der Waals surface area contributed by atoms with E-state index in [-0.39, 0.29) is 0 Å². The molecule has 0 aliphatic carbocycles. The molecule has 15 heavy (non-hydrogen) atoms. The highest BCUT2D eigenvalue weighted by Crippen LogP contribution is 2.23. The summed E-state index contributed by atoms with van der Waals surface area (Å²) in [4.78, 5) is 7.42. The van der Waals surface area contributed by atoms with Gasteiger partial charge in [-0.05, 0) is 12.1 Å². The third-order valence-corrected chi connectivity index (χ3v) is 2.99. The Hall–Kier alpha value is -1.55. The van der Waals surface area contributed by atoms with E-state index in [2.05, 4.69) is 9.88 Å². The van der Waals surface area contributed by atoms with Crippen molar-refractivity contribution in [2.45, 2.75) is 6.54 Å². The van der Waals surface area contributed by atoms with Crippen molar-refractivity contribution < 1.29 is 0 Å². The summed E-state index contributed by atoms with van der Waals surface area (Å²) in [5.74, 6) is 0. The topological polar surface area (TPSA) is 42.2 Å². The van der Waals surface area contributed by atoms with Gasteiger partial charge in [0.2, 0.25) is 0 Å². The first-order valence-electron chi connectivity index (χ1n) is 4.70. The first-order chi connectivity index (χ1) is 7.27. The fourth-order valence-electron chi connectivity index (χ4n) is 1.47.